The summed E-state index contributed by atoms with van der Waals surface area (Å²) in [6, 6.07) is 0. The van der Waals surface area contributed by atoms with E-state index in [-0.39, 0.29) is 0 Å². The van der Waals surface area contributed by atoms with Gasteiger partial charge in [0.25, 0.3) is 5.22 Å². The summed E-state index contributed by atoms with van der Waals surface area (Å²) in [4.78, 5) is 4.04. The van der Waals surface area contributed by atoms with Crippen molar-refractivity contribution in [2.24, 2.45) is 0 Å². The summed E-state index contributed by atoms with van der Waals surface area (Å²) in [5.41, 5.74) is 0. The van der Waals surface area contributed by atoms with E-state index in [1.165, 1.54) is 19.3 Å². The normalized spacial score (nSPS) is 10.6. The highest BCUT2D eigenvalue weighted by Gasteiger charge is 1.96. The zero-order valence-corrected chi connectivity index (χ0v) is 9.48. The molecule has 0 unspecified atom stereocenters. The van der Waals surface area contributed by atoms with Crippen LogP contribution >= 0.6 is 11.8 Å². The highest BCUT2D eigenvalue weighted by Crippen LogP contribution is 2.15. The molecule has 0 atom stereocenters. The van der Waals surface area contributed by atoms with E-state index in [9.17, 15) is 0 Å². The minimum Gasteiger partial charge on any atom is -0.440 e. The van der Waals surface area contributed by atoms with Crippen LogP contribution in [0.15, 0.2) is 22.1 Å². The molecule has 0 radical (unpaired) electrons. The van der Waals surface area contributed by atoms with E-state index in [4.69, 9.17) is 4.42 Å². The number of thioether (sulfide) groups is 1. The lowest BCUT2D eigenvalue weighted by atomic mass is 10.3. The molecule has 3 nitrogen and oxygen atoms in total. The van der Waals surface area contributed by atoms with Crippen LogP contribution < -0.4 is 5.32 Å². The van der Waals surface area contributed by atoms with Gasteiger partial charge in [0.05, 0.1) is 6.20 Å². The molecule has 14 heavy (non-hydrogen) atoms. The monoisotopic (exact) mass is 214 g/mol. The molecule has 0 aliphatic carbocycles. The Balaban J connectivity index is 1.85. The first-order chi connectivity index (χ1) is 6.93. The van der Waals surface area contributed by atoms with E-state index in [0.29, 0.717) is 0 Å². The zero-order valence-electron chi connectivity index (χ0n) is 8.66. The third-order valence-corrected chi connectivity index (χ3v) is 2.75. The number of oxazole rings is 1. The Kier molecular flexibility index (Phi) is 6.53. The molecule has 0 saturated heterocycles. The molecular weight excluding hydrogens is 196 g/mol. The number of nitrogens with one attached hydrogen (secondary N) is 1. The molecule has 0 saturated carbocycles. The van der Waals surface area contributed by atoms with Gasteiger partial charge in [-0.3, -0.25) is 0 Å². The fourth-order valence-corrected chi connectivity index (χ4v) is 1.88. The van der Waals surface area contributed by atoms with Crippen LogP contribution in [0.1, 0.15) is 26.2 Å². The molecule has 0 aliphatic rings. The fraction of sp³-hybridized carbons (Fsp3) is 0.700. The van der Waals surface area contributed by atoms with Crippen molar-refractivity contribution in [2.75, 3.05) is 18.8 Å². The number of hydrogen-bond acceptors (Lipinski definition) is 4. The standard InChI is InChI=1S/C10H18N2OS/c1-2-5-11-6-3-4-9-14-10-12-7-8-13-10/h7-8,11H,2-6,9H2,1H3. The van der Waals surface area contributed by atoms with E-state index in [2.05, 4.69) is 17.2 Å². The van der Waals surface area contributed by atoms with Crippen molar-refractivity contribution in [1.29, 1.82) is 0 Å². The Labute approximate surface area is 89.7 Å². The lowest BCUT2D eigenvalue weighted by Gasteiger charge is -2.01. The molecule has 4 heteroatoms. The Morgan fingerprint density at radius 3 is 3.07 bits per heavy atom. The van der Waals surface area contributed by atoms with Gasteiger partial charge in [0, 0.05) is 5.75 Å². The van der Waals surface area contributed by atoms with E-state index >= 15 is 0 Å². The Bertz CT molecular complexity index is 214. The third-order valence-electron chi connectivity index (χ3n) is 1.81. The highest BCUT2D eigenvalue weighted by atomic mass is 32.2. The van der Waals surface area contributed by atoms with Crippen molar-refractivity contribution in [3.63, 3.8) is 0 Å². The molecule has 1 heterocycles. The maximum absolute atomic E-state index is 5.11. The maximum Gasteiger partial charge on any atom is 0.255 e. The lowest BCUT2D eigenvalue weighted by Crippen LogP contribution is -2.15. The largest absolute Gasteiger partial charge is 0.440 e. The van der Waals surface area contributed by atoms with Crippen LogP contribution in [-0.4, -0.2) is 23.8 Å². The fourth-order valence-electron chi connectivity index (χ4n) is 1.09. The first-order valence-electron chi connectivity index (χ1n) is 5.16. The third kappa shape index (κ3) is 5.29. The minimum atomic E-state index is 0.784. The van der Waals surface area contributed by atoms with Crippen molar-refractivity contribution >= 4 is 11.8 Å². The van der Waals surface area contributed by atoms with Crippen LogP contribution in [0.4, 0.5) is 0 Å². The van der Waals surface area contributed by atoms with Gasteiger partial charge in [-0.2, -0.15) is 0 Å². The average molecular weight is 214 g/mol. The summed E-state index contributed by atoms with van der Waals surface area (Å²) in [6.45, 7) is 4.44. The van der Waals surface area contributed by atoms with E-state index < -0.39 is 0 Å². The summed E-state index contributed by atoms with van der Waals surface area (Å²) < 4.78 is 5.11. The van der Waals surface area contributed by atoms with Gasteiger partial charge in [-0.15, -0.1) is 0 Å². The molecule has 0 fully saturated rings. The molecule has 1 aromatic rings. The van der Waals surface area contributed by atoms with E-state index in [1.54, 1.807) is 24.2 Å². The second-order valence-corrected chi connectivity index (χ2v) is 4.15. The van der Waals surface area contributed by atoms with Gasteiger partial charge in [-0.05, 0) is 32.4 Å². The highest BCUT2D eigenvalue weighted by molar-refractivity contribution is 7.99. The number of unbranched alkanes of at least 4 members (excludes halogenated alkanes) is 1. The first kappa shape index (κ1) is 11.6. The predicted octanol–water partition coefficient (Wildman–Crippen LogP) is 2.55. The molecule has 0 spiro atoms. The van der Waals surface area contributed by atoms with Gasteiger partial charge in [0.15, 0.2) is 0 Å². The summed E-state index contributed by atoms with van der Waals surface area (Å²) in [5, 5.41) is 4.16. The predicted molar refractivity (Wildman–Crippen MR) is 59.6 cm³/mol. The molecule has 0 bridgehead atoms. The number of hydrogen-bond donors (Lipinski definition) is 1. The van der Waals surface area contributed by atoms with Gasteiger partial charge >= 0.3 is 0 Å². The van der Waals surface area contributed by atoms with Crippen molar-refractivity contribution in [1.82, 2.24) is 10.3 Å². The van der Waals surface area contributed by atoms with Gasteiger partial charge in [-0.1, -0.05) is 18.7 Å². The van der Waals surface area contributed by atoms with Gasteiger partial charge in [0.1, 0.15) is 6.26 Å². The van der Waals surface area contributed by atoms with Crippen LogP contribution in [-0.2, 0) is 0 Å². The molecule has 1 rings (SSSR count). The summed E-state index contributed by atoms with van der Waals surface area (Å²) in [5.74, 6) is 1.09. The maximum atomic E-state index is 5.11. The Hall–Kier alpha value is -0.480. The molecule has 0 amide bonds. The van der Waals surface area contributed by atoms with Crippen LogP contribution in [0.2, 0.25) is 0 Å². The van der Waals surface area contributed by atoms with E-state index in [0.717, 1.165) is 24.1 Å². The molecule has 1 N–H and O–H groups in total. The van der Waals surface area contributed by atoms with Crippen LogP contribution in [0.25, 0.3) is 0 Å². The summed E-state index contributed by atoms with van der Waals surface area (Å²) in [6.07, 6.45) is 6.96. The molecular formula is C10H18N2OS. The lowest BCUT2D eigenvalue weighted by molar-refractivity contribution is 0.454. The topological polar surface area (TPSA) is 38.1 Å². The molecule has 0 aliphatic heterocycles. The van der Waals surface area contributed by atoms with Gasteiger partial charge in [0.2, 0.25) is 0 Å². The smallest absolute Gasteiger partial charge is 0.255 e. The molecule has 1 aromatic heterocycles. The second-order valence-electron chi connectivity index (χ2n) is 3.10. The van der Waals surface area contributed by atoms with Crippen LogP contribution in [0.3, 0.4) is 0 Å². The summed E-state index contributed by atoms with van der Waals surface area (Å²) >= 11 is 1.69. The Morgan fingerprint density at radius 1 is 1.43 bits per heavy atom. The van der Waals surface area contributed by atoms with Crippen molar-refractivity contribution in [3.8, 4) is 0 Å². The quantitative estimate of drug-likeness (QED) is 0.533. The van der Waals surface area contributed by atoms with Crippen molar-refractivity contribution in [3.05, 3.63) is 12.5 Å². The van der Waals surface area contributed by atoms with Crippen LogP contribution in [0.5, 0.6) is 0 Å². The van der Waals surface area contributed by atoms with Gasteiger partial charge in [-0.25, -0.2) is 4.98 Å². The van der Waals surface area contributed by atoms with E-state index in [1.807, 2.05) is 0 Å². The minimum absolute atomic E-state index is 0.784. The molecule has 80 valence electrons. The molecule has 0 aromatic carbocycles. The number of rotatable bonds is 8. The number of aromatic nitrogens is 1. The second kappa shape index (κ2) is 7.88. The zero-order chi connectivity index (χ0) is 10.1. The summed E-state index contributed by atoms with van der Waals surface area (Å²) in [7, 11) is 0. The Morgan fingerprint density at radius 2 is 2.36 bits per heavy atom. The first-order valence-corrected chi connectivity index (χ1v) is 6.15. The van der Waals surface area contributed by atoms with Crippen molar-refractivity contribution < 1.29 is 4.42 Å². The SMILES string of the molecule is CCCNCCCCSc1ncco1. The van der Waals surface area contributed by atoms with Gasteiger partial charge < -0.3 is 9.73 Å². The average Bonchev–Trinajstić information content (AvgIpc) is 2.69. The number of nitrogens with zero attached hydrogens (tertiary/aromatic N) is 1. The van der Waals surface area contributed by atoms with Crippen molar-refractivity contribution in [2.45, 2.75) is 31.4 Å². The van der Waals surface area contributed by atoms with Crippen LogP contribution in [0, 0.1) is 0 Å².